The van der Waals surface area contributed by atoms with Crippen LogP contribution in [0.4, 0.5) is 14.9 Å². The molecule has 0 spiro atoms. The molecule has 1 aromatic heterocycles. The van der Waals surface area contributed by atoms with Crippen LogP contribution in [0.3, 0.4) is 0 Å². The van der Waals surface area contributed by atoms with Gasteiger partial charge in [0, 0.05) is 5.56 Å². The molecule has 2 aromatic carbocycles. The lowest BCUT2D eigenvalue weighted by Gasteiger charge is -2.26. The number of carbonyl (C=O) groups is 4. The highest BCUT2D eigenvalue weighted by atomic mass is 19.1. The molecule has 1 fully saturated rings. The molecule has 0 atom stereocenters. The second-order valence-corrected chi connectivity index (χ2v) is 6.92. The number of carboxylic acid groups (broad SMARTS) is 1. The summed E-state index contributed by atoms with van der Waals surface area (Å²) >= 11 is 0. The third-order valence-corrected chi connectivity index (χ3v) is 4.93. The zero-order valence-corrected chi connectivity index (χ0v) is 16.6. The Labute approximate surface area is 180 Å². The predicted molar refractivity (Wildman–Crippen MR) is 111 cm³/mol. The lowest BCUT2D eigenvalue weighted by atomic mass is 10.0. The molecule has 2 N–H and O–H groups in total. The molecule has 1 aliphatic rings. The lowest BCUT2D eigenvalue weighted by Crippen LogP contribution is -2.54. The number of barbiturate groups is 1. The van der Waals surface area contributed by atoms with E-state index < -0.39 is 29.6 Å². The lowest BCUT2D eigenvalue weighted by molar-refractivity contribution is -0.122. The Kier molecular flexibility index (Phi) is 5.15. The monoisotopic (exact) mass is 434 g/mol. The second-order valence-electron chi connectivity index (χ2n) is 6.92. The highest BCUT2D eigenvalue weighted by molar-refractivity contribution is 6.39. The van der Waals surface area contributed by atoms with Crippen LogP contribution in [0.5, 0.6) is 0 Å². The Morgan fingerprint density at radius 1 is 1.06 bits per heavy atom. The summed E-state index contributed by atoms with van der Waals surface area (Å²) in [5, 5.41) is 11.4. The fourth-order valence-corrected chi connectivity index (χ4v) is 3.33. The number of urea groups is 1. The number of amides is 4. The maximum absolute atomic E-state index is 13.2. The first-order chi connectivity index (χ1) is 15.3. The summed E-state index contributed by atoms with van der Waals surface area (Å²) in [6, 6.07) is 11.5. The first-order valence-corrected chi connectivity index (χ1v) is 9.36. The first kappa shape index (κ1) is 20.7. The van der Waals surface area contributed by atoms with Crippen LogP contribution in [0.15, 0.2) is 64.6 Å². The van der Waals surface area contributed by atoms with Gasteiger partial charge in [-0.15, -0.1) is 0 Å². The SMILES string of the molecule is Cc1c(C(=O)O)cccc1-c1ccc(/C=C2\C(=O)NC(=O)N(c3ccc(F)cc3)C2=O)o1. The van der Waals surface area contributed by atoms with Crippen molar-refractivity contribution < 1.29 is 33.1 Å². The maximum atomic E-state index is 13.2. The largest absolute Gasteiger partial charge is 0.478 e. The van der Waals surface area contributed by atoms with E-state index >= 15 is 0 Å². The fraction of sp³-hybridized carbons (Fsp3) is 0.0435. The van der Waals surface area contributed by atoms with Crippen molar-refractivity contribution >= 4 is 35.6 Å². The molecular weight excluding hydrogens is 419 g/mol. The number of nitrogens with one attached hydrogen (secondary N) is 1. The number of imide groups is 2. The van der Waals surface area contributed by atoms with Gasteiger partial charge in [-0.3, -0.25) is 14.9 Å². The average molecular weight is 434 g/mol. The maximum Gasteiger partial charge on any atom is 0.335 e. The quantitative estimate of drug-likeness (QED) is 0.477. The standard InChI is InChI=1S/C23H15FN2O6/c1-12-16(3-2-4-17(12)22(29)30)19-10-9-15(32-19)11-18-20(27)25-23(31)26(21(18)28)14-7-5-13(24)6-8-14/h2-11H,1H3,(H,29,30)(H,25,27,31)/b18-11+. The van der Waals surface area contributed by atoms with Gasteiger partial charge >= 0.3 is 12.0 Å². The molecule has 3 aromatic rings. The number of halogens is 1. The summed E-state index contributed by atoms with van der Waals surface area (Å²) in [5.74, 6) is -2.93. The van der Waals surface area contributed by atoms with Crippen molar-refractivity contribution in [3.63, 3.8) is 0 Å². The molecule has 0 saturated carbocycles. The van der Waals surface area contributed by atoms with Crippen molar-refractivity contribution in [3.8, 4) is 11.3 Å². The fourth-order valence-electron chi connectivity index (χ4n) is 3.33. The van der Waals surface area contributed by atoms with Gasteiger partial charge in [0.05, 0.1) is 11.3 Å². The first-order valence-electron chi connectivity index (χ1n) is 9.36. The molecule has 9 heteroatoms. The van der Waals surface area contributed by atoms with Crippen LogP contribution in [0, 0.1) is 12.7 Å². The van der Waals surface area contributed by atoms with E-state index in [-0.39, 0.29) is 22.6 Å². The van der Waals surface area contributed by atoms with Crippen LogP contribution in [-0.2, 0) is 9.59 Å². The van der Waals surface area contributed by atoms with Gasteiger partial charge in [-0.1, -0.05) is 12.1 Å². The van der Waals surface area contributed by atoms with E-state index in [1.807, 2.05) is 0 Å². The van der Waals surface area contributed by atoms with Gasteiger partial charge in [-0.25, -0.2) is 18.9 Å². The van der Waals surface area contributed by atoms with E-state index in [1.165, 1.54) is 30.3 Å². The Bertz CT molecular complexity index is 1310. The Morgan fingerprint density at radius 3 is 2.47 bits per heavy atom. The number of hydrogen-bond donors (Lipinski definition) is 2. The van der Waals surface area contributed by atoms with Crippen LogP contribution in [-0.4, -0.2) is 28.9 Å². The number of furan rings is 1. The number of nitrogens with zero attached hydrogens (tertiary/aromatic N) is 1. The molecular formula is C23H15FN2O6. The third kappa shape index (κ3) is 3.67. The van der Waals surface area contributed by atoms with Crippen LogP contribution in [0.2, 0.25) is 0 Å². The molecule has 2 heterocycles. The molecule has 1 saturated heterocycles. The van der Waals surface area contributed by atoms with E-state index in [9.17, 15) is 28.7 Å². The molecule has 0 unspecified atom stereocenters. The number of carbonyl (C=O) groups excluding carboxylic acids is 3. The topological polar surface area (TPSA) is 117 Å². The molecule has 4 amide bonds. The molecule has 0 radical (unpaired) electrons. The van der Waals surface area contributed by atoms with Gasteiger partial charge in [0.15, 0.2) is 0 Å². The van der Waals surface area contributed by atoms with Crippen LogP contribution < -0.4 is 10.2 Å². The van der Waals surface area contributed by atoms with Crippen molar-refractivity contribution in [2.75, 3.05) is 4.90 Å². The van der Waals surface area contributed by atoms with E-state index in [0.29, 0.717) is 16.9 Å². The number of hydrogen-bond acceptors (Lipinski definition) is 5. The van der Waals surface area contributed by atoms with Crippen LogP contribution in [0.25, 0.3) is 17.4 Å². The van der Waals surface area contributed by atoms with Gasteiger partial charge < -0.3 is 9.52 Å². The normalized spacial score (nSPS) is 15.2. The van der Waals surface area contributed by atoms with Crippen molar-refractivity contribution in [1.82, 2.24) is 5.32 Å². The highest BCUT2D eigenvalue weighted by Crippen LogP contribution is 2.29. The summed E-state index contributed by atoms with van der Waals surface area (Å²) in [6.07, 6.45) is 1.18. The smallest absolute Gasteiger partial charge is 0.335 e. The minimum absolute atomic E-state index is 0.0912. The van der Waals surface area contributed by atoms with E-state index in [1.54, 1.807) is 25.1 Å². The molecule has 160 valence electrons. The molecule has 32 heavy (non-hydrogen) atoms. The summed E-state index contributed by atoms with van der Waals surface area (Å²) in [4.78, 5) is 49.4. The zero-order chi connectivity index (χ0) is 23.0. The highest BCUT2D eigenvalue weighted by Gasteiger charge is 2.37. The molecule has 1 aliphatic heterocycles. The van der Waals surface area contributed by atoms with E-state index in [0.717, 1.165) is 17.0 Å². The van der Waals surface area contributed by atoms with Crippen molar-refractivity contribution in [2.24, 2.45) is 0 Å². The van der Waals surface area contributed by atoms with Crippen LogP contribution in [0.1, 0.15) is 21.7 Å². The van der Waals surface area contributed by atoms with Gasteiger partial charge in [-0.2, -0.15) is 0 Å². The minimum atomic E-state index is -1.08. The summed E-state index contributed by atoms with van der Waals surface area (Å²) in [6.45, 7) is 1.64. The Morgan fingerprint density at radius 2 is 1.78 bits per heavy atom. The van der Waals surface area contributed by atoms with E-state index in [2.05, 4.69) is 5.32 Å². The Balaban J connectivity index is 1.69. The molecule has 0 aliphatic carbocycles. The summed E-state index contributed by atoms with van der Waals surface area (Å²) in [5.41, 5.74) is 0.888. The predicted octanol–water partition coefficient (Wildman–Crippen LogP) is 3.76. The van der Waals surface area contributed by atoms with Crippen LogP contribution >= 0.6 is 0 Å². The Hall–Kier alpha value is -4.53. The van der Waals surface area contributed by atoms with Gasteiger partial charge in [0.2, 0.25) is 0 Å². The number of carboxylic acids is 1. The molecule has 4 rings (SSSR count). The van der Waals surface area contributed by atoms with Gasteiger partial charge in [-0.05, 0) is 61.0 Å². The number of anilines is 1. The third-order valence-electron chi connectivity index (χ3n) is 4.93. The van der Waals surface area contributed by atoms with E-state index in [4.69, 9.17) is 4.42 Å². The van der Waals surface area contributed by atoms with Gasteiger partial charge in [0.1, 0.15) is 22.9 Å². The molecule has 0 bridgehead atoms. The molecule has 8 nitrogen and oxygen atoms in total. The van der Waals surface area contributed by atoms with Gasteiger partial charge in [0.25, 0.3) is 11.8 Å². The van der Waals surface area contributed by atoms with Crippen molar-refractivity contribution in [1.29, 1.82) is 0 Å². The zero-order valence-electron chi connectivity index (χ0n) is 16.6. The number of benzene rings is 2. The second kappa shape index (κ2) is 7.95. The van der Waals surface area contributed by atoms with Crippen molar-refractivity contribution in [3.05, 3.63) is 82.9 Å². The average Bonchev–Trinajstić information content (AvgIpc) is 3.21. The summed E-state index contributed by atoms with van der Waals surface area (Å²) in [7, 11) is 0. The number of aromatic carboxylic acids is 1. The summed E-state index contributed by atoms with van der Waals surface area (Å²) < 4.78 is 18.9. The number of rotatable bonds is 4. The minimum Gasteiger partial charge on any atom is -0.478 e. The van der Waals surface area contributed by atoms with Crippen molar-refractivity contribution in [2.45, 2.75) is 6.92 Å².